The first kappa shape index (κ1) is 12.8. The van der Waals surface area contributed by atoms with Gasteiger partial charge in [0.25, 0.3) is 0 Å². The summed E-state index contributed by atoms with van der Waals surface area (Å²) in [5.74, 6) is 0. The van der Waals surface area contributed by atoms with E-state index in [1.807, 2.05) is 13.8 Å². The summed E-state index contributed by atoms with van der Waals surface area (Å²) in [6, 6.07) is 3.40. The van der Waals surface area contributed by atoms with E-state index in [4.69, 9.17) is 27.9 Å². The summed E-state index contributed by atoms with van der Waals surface area (Å²) in [5, 5.41) is 1.03. The van der Waals surface area contributed by atoms with Crippen molar-refractivity contribution in [1.82, 2.24) is 4.98 Å². The van der Waals surface area contributed by atoms with Gasteiger partial charge in [-0.25, -0.2) is 4.98 Å². The van der Waals surface area contributed by atoms with E-state index in [1.54, 1.807) is 12.1 Å². The quantitative estimate of drug-likeness (QED) is 0.748. The van der Waals surface area contributed by atoms with Gasteiger partial charge in [0.05, 0.1) is 22.9 Å². The Morgan fingerprint density at radius 2 is 2.00 bits per heavy atom. The standard InChI is InChI=1S/C11H15Cl2NO/c1-4-11(2,3)15-7-9-8(12)5-6-10(13)14-9/h5-6H,4,7H2,1-3H3. The minimum Gasteiger partial charge on any atom is -0.369 e. The Morgan fingerprint density at radius 3 is 2.60 bits per heavy atom. The predicted molar refractivity (Wildman–Crippen MR) is 63.4 cm³/mol. The molecule has 0 amide bonds. The summed E-state index contributed by atoms with van der Waals surface area (Å²) in [6.45, 7) is 6.53. The van der Waals surface area contributed by atoms with Gasteiger partial charge >= 0.3 is 0 Å². The second-order valence-corrected chi connectivity index (χ2v) is 4.76. The number of aromatic nitrogens is 1. The van der Waals surface area contributed by atoms with Crippen LogP contribution < -0.4 is 0 Å². The highest BCUT2D eigenvalue weighted by molar-refractivity contribution is 6.32. The third-order valence-corrected chi connectivity index (χ3v) is 2.89. The second kappa shape index (κ2) is 5.15. The molecule has 0 aliphatic heterocycles. The smallest absolute Gasteiger partial charge is 0.129 e. The molecule has 4 heteroatoms. The van der Waals surface area contributed by atoms with Crippen molar-refractivity contribution in [3.63, 3.8) is 0 Å². The lowest BCUT2D eigenvalue weighted by atomic mass is 10.1. The maximum Gasteiger partial charge on any atom is 0.129 e. The van der Waals surface area contributed by atoms with E-state index < -0.39 is 0 Å². The van der Waals surface area contributed by atoms with Crippen molar-refractivity contribution in [2.45, 2.75) is 39.4 Å². The monoisotopic (exact) mass is 247 g/mol. The van der Waals surface area contributed by atoms with Gasteiger partial charge in [0, 0.05) is 0 Å². The molecular formula is C11H15Cl2NO. The molecule has 0 spiro atoms. The first-order chi connectivity index (χ1) is 6.94. The zero-order chi connectivity index (χ0) is 11.5. The molecule has 0 saturated heterocycles. The van der Waals surface area contributed by atoms with Crippen LogP contribution in [0.2, 0.25) is 10.2 Å². The molecule has 0 saturated carbocycles. The molecule has 0 radical (unpaired) electrons. The number of hydrogen-bond donors (Lipinski definition) is 0. The summed E-state index contributed by atoms with van der Waals surface area (Å²) in [5.41, 5.74) is 0.526. The number of halogens is 2. The third kappa shape index (κ3) is 3.98. The SMILES string of the molecule is CCC(C)(C)OCc1nc(Cl)ccc1Cl. The molecule has 0 bridgehead atoms. The maximum absolute atomic E-state index is 5.97. The molecular weight excluding hydrogens is 233 g/mol. The fourth-order valence-electron chi connectivity index (χ4n) is 0.925. The Labute approximate surface area is 101 Å². The highest BCUT2D eigenvalue weighted by Crippen LogP contribution is 2.21. The molecule has 1 heterocycles. The van der Waals surface area contributed by atoms with E-state index in [0.717, 1.165) is 6.42 Å². The number of nitrogens with zero attached hydrogens (tertiary/aromatic N) is 1. The van der Waals surface area contributed by atoms with E-state index in [0.29, 0.717) is 22.5 Å². The molecule has 0 fully saturated rings. The number of hydrogen-bond acceptors (Lipinski definition) is 2. The van der Waals surface area contributed by atoms with Crippen LogP contribution in [-0.4, -0.2) is 10.6 Å². The number of rotatable bonds is 4. The van der Waals surface area contributed by atoms with Crippen molar-refractivity contribution in [2.75, 3.05) is 0 Å². The van der Waals surface area contributed by atoms with Crippen LogP contribution in [0.25, 0.3) is 0 Å². The van der Waals surface area contributed by atoms with Crippen LogP contribution >= 0.6 is 23.2 Å². The first-order valence-electron chi connectivity index (χ1n) is 4.89. The highest BCUT2D eigenvalue weighted by atomic mass is 35.5. The van der Waals surface area contributed by atoms with E-state index in [1.165, 1.54) is 0 Å². The van der Waals surface area contributed by atoms with E-state index in [-0.39, 0.29) is 5.60 Å². The van der Waals surface area contributed by atoms with E-state index in [2.05, 4.69) is 11.9 Å². The van der Waals surface area contributed by atoms with Crippen molar-refractivity contribution < 1.29 is 4.74 Å². The van der Waals surface area contributed by atoms with Gasteiger partial charge in [-0.1, -0.05) is 30.1 Å². The van der Waals surface area contributed by atoms with Gasteiger partial charge in [0.15, 0.2) is 0 Å². The van der Waals surface area contributed by atoms with Gasteiger partial charge in [-0.3, -0.25) is 0 Å². The minimum atomic E-state index is -0.159. The van der Waals surface area contributed by atoms with Crippen molar-refractivity contribution in [2.24, 2.45) is 0 Å². The van der Waals surface area contributed by atoms with Crippen molar-refractivity contribution >= 4 is 23.2 Å². The van der Waals surface area contributed by atoms with Crippen LogP contribution in [0.3, 0.4) is 0 Å². The van der Waals surface area contributed by atoms with Gasteiger partial charge in [-0.05, 0) is 32.4 Å². The molecule has 0 unspecified atom stereocenters. The summed E-state index contributed by atoms with van der Waals surface area (Å²) >= 11 is 11.7. The molecule has 0 aliphatic carbocycles. The molecule has 1 aromatic rings. The van der Waals surface area contributed by atoms with Crippen molar-refractivity contribution in [3.8, 4) is 0 Å². The molecule has 0 aliphatic rings. The highest BCUT2D eigenvalue weighted by Gasteiger charge is 2.16. The Balaban J connectivity index is 2.69. The van der Waals surface area contributed by atoms with E-state index in [9.17, 15) is 0 Å². The minimum absolute atomic E-state index is 0.159. The van der Waals surface area contributed by atoms with Gasteiger partial charge < -0.3 is 4.74 Å². The zero-order valence-electron chi connectivity index (χ0n) is 9.18. The Morgan fingerprint density at radius 1 is 1.33 bits per heavy atom. The lowest BCUT2D eigenvalue weighted by molar-refractivity contribution is -0.0329. The summed E-state index contributed by atoms with van der Waals surface area (Å²) in [4.78, 5) is 4.12. The fourth-order valence-corrected chi connectivity index (χ4v) is 1.25. The summed E-state index contributed by atoms with van der Waals surface area (Å²) in [7, 11) is 0. The molecule has 1 rings (SSSR count). The van der Waals surface area contributed by atoms with Gasteiger partial charge in [0.2, 0.25) is 0 Å². The van der Waals surface area contributed by atoms with Crippen LogP contribution in [0.5, 0.6) is 0 Å². The van der Waals surface area contributed by atoms with Crippen LogP contribution in [0.4, 0.5) is 0 Å². The predicted octanol–water partition coefficient (Wildman–Crippen LogP) is 4.09. The summed E-state index contributed by atoms with van der Waals surface area (Å²) in [6.07, 6.45) is 0.936. The molecule has 0 atom stereocenters. The van der Waals surface area contributed by atoms with E-state index >= 15 is 0 Å². The maximum atomic E-state index is 5.97. The van der Waals surface area contributed by atoms with Gasteiger partial charge in [0.1, 0.15) is 5.15 Å². The first-order valence-corrected chi connectivity index (χ1v) is 5.65. The fraction of sp³-hybridized carbons (Fsp3) is 0.545. The average molecular weight is 248 g/mol. The Bertz CT molecular complexity index is 339. The number of ether oxygens (including phenoxy) is 1. The normalized spacial score (nSPS) is 11.8. The topological polar surface area (TPSA) is 22.1 Å². The van der Waals surface area contributed by atoms with Crippen LogP contribution in [0.1, 0.15) is 32.9 Å². The van der Waals surface area contributed by atoms with Gasteiger partial charge in [-0.15, -0.1) is 0 Å². The van der Waals surface area contributed by atoms with Crippen LogP contribution in [0, 0.1) is 0 Å². The molecule has 15 heavy (non-hydrogen) atoms. The van der Waals surface area contributed by atoms with Gasteiger partial charge in [-0.2, -0.15) is 0 Å². The van der Waals surface area contributed by atoms with Crippen LogP contribution in [-0.2, 0) is 11.3 Å². The lowest BCUT2D eigenvalue weighted by Crippen LogP contribution is -2.23. The van der Waals surface area contributed by atoms with Crippen LogP contribution in [0.15, 0.2) is 12.1 Å². The zero-order valence-corrected chi connectivity index (χ0v) is 10.7. The van der Waals surface area contributed by atoms with Crippen molar-refractivity contribution in [3.05, 3.63) is 28.0 Å². The Hall–Kier alpha value is -0.310. The summed E-state index contributed by atoms with van der Waals surface area (Å²) < 4.78 is 5.69. The largest absolute Gasteiger partial charge is 0.369 e. The average Bonchev–Trinajstić information content (AvgIpc) is 2.20. The molecule has 1 aromatic heterocycles. The second-order valence-electron chi connectivity index (χ2n) is 3.96. The third-order valence-electron chi connectivity index (χ3n) is 2.34. The molecule has 84 valence electrons. The Kier molecular flexibility index (Phi) is 4.38. The molecule has 2 nitrogen and oxygen atoms in total. The molecule has 0 N–H and O–H groups in total. The van der Waals surface area contributed by atoms with Crippen molar-refractivity contribution in [1.29, 1.82) is 0 Å². The number of pyridine rings is 1. The lowest BCUT2D eigenvalue weighted by Gasteiger charge is -2.23. The molecule has 0 aromatic carbocycles.